The van der Waals surface area contributed by atoms with E-state index in [0.717, 1.165) is 5.06 Å². The van der Waals surface area contributed by atoms with Crippen LogP contribution in [0.4, 0.5) is 4.79 Å². The van der Waals surface area contributed by atoms with Gasteiger partial charge in [-0.2, -0.15) is 5.06 Å². The molecule has 6 heteroatoms. The fourth-order valence-electron chi connectivity index (χ4n) is 1.70. The number of amides is 2. The second-order valence-electron chi connectivity index (χ2n) is 3.72. The van der Waals surface area contributed by atoms with E-state index < -0.39 is 12.0 Å². The minimum Gasteiger partial charge on any atom is -0.467 e. The third-order valence-corrected chi connectivity index (χ3v) is 2.58. The number of likely N-dealkylation sites (N-methyl/N-ethyl adjacent to an activating group) is 1. The highest BCUT2D eigenvalue weighted by Crippen LogP contribution is 2.20. The number of hydroxylamine groups is 2. The molecule has 1 aliphatic heterocycles. The molecular formula is C12H18N2O4. The van der Waals surface area contributed by atoms with Crippen LogP contribution in [0.25, 0.3) is 0 Å². The van der Waals surface area contributed by atoms with Crippen LogP contribution in [0, 0.1) is 0 Å². The first kappa shape index (κ1) is 14.2. The lowest BCUT2D eigenvalue weighted by molar-refractivity contribution is -0.147. The van der Waals surface area contributed by atoms with E-state index in [1.165, 1.54) is 12.0 Å². The highest BCUT2D eigenvalue weighted by molar-refractivity contribution is 5.87. The molecule has 0 radical (unpaired) electrons. The Labute approximate surface area is 106 Å². The molecule has 0 aromatic heterocycles. The number of ether oxygens (including phenoxy) is 1. The Morgan fingerprint density at radius 2 is 2.28 bits per heavy atom. The molecule has 0 spiro atoms. The Morgan fingerprint density at radius 3 is 2.78 bits per heavy atom. The standard InChI is InChI=1S/C12H18N2O4/c1-5-7-18-14-9(3)8-10(11(15)17-4)13(6-2)12(14)16/h5,8,10H,1,6-7H2,2-4H3. The zero-order valence-electron chi connectivity index (χ0n) is 10.9. The predicted molar refractivity (Wildman–Crippen MR) is 65.3 cm³/mol. The summed E-state index contributed by atoms with van der Waals surface area (Å²) in [6.07, 6.45) is 3.18. The first-order valence-corrected chi connectivity index (χ1v) is 5.67. The summed E-state index contributed by atoms with van der Waals surface area (Å²) >= 11 is 0. The van der Waals surface area contributed by atoms with E-state index in [4.69, 9.17) is 4.84 Å². The molecule has 1 atom stereocenters. The number of hydrogen-bond acceptors (Lipinski definition) is 4. The highest BCUT2D eigenvalue weighted by atomic mass is 16.7. The largest absolute Gasteiger partial charge is 0.467 e. The quantitative estimate of drug-likeness (QED) is 0.548. The van der Waals surface area contributed by atoms with Crippen molar-refractivity contribution >= 4 is 12.0 Å². The third kappa shape index (κ3) is 2.70. The van der Waals surface area contributed by atoms with Gasteiger partial charge in [0.25, 0.3) is 0 Å². The van der Waals surface area contributed by atoms with Crippen LogP contribution in [0.5, 0.6) is 0 Å². The predicted octanol–water partition coefficient (Wildman–Crippen LogP) is 1.31. The normalized spacial score (nSPS) is 19.6. The van der Waals surface area contributed by atoms with Crippen molar-refractivity contribution in [2.24, 2.45) is 0 Å². The average Bonchev–Trinajstić information content (AvgIpc) is 2.37. The smallest absolute Gasteiger partial charge is 0.349 e. The number of carbonyl (C=O) groups is 2. The zero-order chi connectivity index (χ0) is 13.7. The van der Waals surface area contributed by atoms with Crippen molar-refractivity contribution in [3.05, 3.63) is 24.4 Å². The average molecular weight is 254 g/mol. The molecule has 1 rings (SSSR count). The highest BCUT2D eigenvalue weighted by Gasteiger charge is 2.36. The molecule has 0 fully saturated rings. The maximum Gasteiger partial charge on any atom is 0.349 e. The summed E-state index contributed by atoms with van der Waals surface area (Å²) in [6.45, 7) is 7.61. The van der Waals surface area contributed by atoms with Crippen molar-refractivity contribution in [1.29, 1.82) is 0 Å². The SMILES string of the molecule is C=CCON1C(=O)N(CC)C(C(=O)OC)C=C1C. The number of allylic oxidation sites excluding steroid dienone is 1. The third-order valence-electron chi connectivity index (χ3n) is 2.58. The minimum absolute atomic E-state index is 0.220. The molecule has 0 saturated heterocycles. The second-order valence-corrected chi connectivity index (χ2v) is 3.72. The van der Waals surface area contributed by atoms with E-state index in [9.17, 15) is 9.59 Å². The second kappa shape index (κ2) is 6.20. The van der Waals surface area contributed by atoms with E-state index in [0.29, 0.717) is 12.2 Å². The number of methoxy groups -OCH3 is 1. The number of rotatable bonds is 5. The molecule has 0 aromatic rings. The van der Waals surface area contributed by atoms with Gasteiger partial charge in [-0.25, -0.2) is 9.59 Å². The summed E-state index contributed by atoms with van der Waals surface area (Å²) in [6, 6.07) is -1.08. The van der Waals surface area contributed by atoms with Crippen molar-refractivity contribution < 1.29 is 19.2 Å². The van der Waals surface area contributed by atoms with Crippen LogP contribution in [0.3, 0.4) is 0 Å². The van der Waals surface area contributed by atoms with Crippen molar-refractivity contribution in [1.82, 2.24) is 9.96 Å². The summed E-state index contributed by atoms with van der Waals surface area (Å²) in [5.74, 6) is -0.465. The molecule has 6 nitrogen and oxygen atoms in total. The van der Waals surface area contributed by atoms with Gasteiger partial charge in [-0.05, 0) is 19.9 Å². The molecule has 18 heavy (non-hydrogen) atoms. The van der Waals surface area contributed by atoms with Gasteiger partial charge in [0.2, 0.25) is 0 Å². The van der Waals surface area contributed by atoms with Gasteiger partial charge in [0.15, 0.2) is 6.04 Å². The Kier molecular flexibility index (Phi) is 4.91. The van der Waals surface area contributed by atoms with Crippen molar-refractivity contribution in [3.63, 3.8) is 0 Å². The van der Waals surface area contributed by atoms with Crippen LogP contribution in [0.1, 0.15) is 13.8 Å². The molecule has 0 aromatic carbocycles. The Bertz CT molecular complexity index is 378. The molecule has 0 N–H and O–H groups in total. The summed E-state index contributed by atoms with van der Waals surface area (Å²) in [4.78, 5) is 30.4. The van der Waals surface area contributed by atoms with Crippen molar-refractivity contribution in [3.8, 4) is 0 Å². The molecule has 1 heterocycles. The van der Waals surface area contributed by atoms with E-state index in [1.54, 1.807) is 26.0 Å². The van der Waals surface area contributed by atoms with Gasteiger partial charge >= 0.3 is 12.0 Å². The molecular weight excluding hydrogens is 236 g/mol. The maximum atomic E-state index is 12.1. The molecule has 1 unspecified atom stereocenters. The lowest BCUT2D eigenvalue weighted by Crippen LogP contribution is -2.53. The molecule has 0 saturated carbocycles. The Hall–Kier alpha value is -1.82. The Morgan fingerprint density at radius 1 is 1.61 bits per heavy atom. The van der Waals surface area contributed by atoms with Gasteiger partial charge in [-0.15, -0.1) is 6.58 Å². The lowest BCUT2D eigenvalue weighted by Gasteiger charge is -2.36. The Balaban J connectivity index is 2.99. The number of urea groups is 1. The van der Waals surface area contributed by atoms with Gasteiger partial charge in [0.05, 0.1) is 13.7 Å². The van der Waals surface area contributed by atoms with Crippen molar-refractivity contribution in [2.75, 3.05) is 20.3 Å². The van der Waals surface area contributed by atoms with E-state index in [2.05, 4.69) is 11.3 Å². The van der Waals surface area contributed by atoms with Crippen molar-refractivity contribution in [2.45, 2.75) is 19.9 Å². The van der Waals surface area contributed by atoms with E-state index in [-0.39, 0.29) is 12.6 Å². The minimum atomic E-state index is -0.698. The summed E-state index contributed by atoms with van der Waals surface area (Å²) in [5.41, 5.74) is 0.557. The number of esters is 1. The van der Waals surface area contributed by atoms with E-state index >= 15 is 0 Å². The zero-order valence-corrected chi connectivity index (χ0v) is 10.9. The van der Waals surface area contributed by atoms with Gasteiger partial charge in [0, 0.05) is 12.2 Å². The first-order valence-electron chi connectivity index (χ1n) is 5.67. The molecule has 100 valence electrons. The van der Waals surface area contributed by atoms with Crippen LogP contribution in [-0.2, 0) is 14.4 Å². The van der Waals surface area contributed by atoms with Crippen LogP contribution in [0.2, 0.25) is 0 Å². The van der Waals surface area contributed by atoms with Gasteiger partial charge in [-0.1, -0.05) is 6.08 Å². The molecule has 0 aliphatic carbocycles. The van der Waals surface area contributed by atoms with Gasteiger partial charge < -0.3 is 9.64 Å². The monoisotopic (exact) mass is 254 g/mol. The van der Waals surface area contributed by atoms with Gasteiger partial charge in [0.1, 0.15) is 0 Å². The topological polar surface area (TPSA) is 59.1 Å². The fraction of sp³-hybridized carbons (Fsp3) is 0.500. The maximum absolute atomic E-state index is 12.1. The van der Waals surface area contributed by atoms with Gasteiger partial charge in [-0.3, -0.25) is 4.84 Å². The van der Waals surface area contributed by atoms with Crippen LogP contribution < -0.4 is 0 Å². The number of hydrogen-bond donors (Lipinski definition) is 0. The van der Waals surface area contributed by atoms with Crippen LogP contribution in [0.15, 0.2) is 24.4 Å². The summed E-state index contributed by atoms with van der Waals surface area (Å²) < 4.78 is 4.68. The molecule has 0 bridgehead atoms. The fourth-order valence-corrected chi connectivity index (χ4v) is 1.70. The van der Waals surface area contributed by atoms with Crippen LogP contribution >= 0.6 is 0 Å². The van der Waals surface area contributed by atoms with E-state index in [1.807, 2.05) is 0 Å². The summed E-state index contributed by atoms with van der Waals surface area (Å²) in [5, 5.41) is 1.16. The van der Waals surface area contributed by atoms with Crippen LogP contribution in [-0.4, -0.2) is 48.3 Å². The number of carbonyl (C=O) groups excluding carboxylic acids is 2. The molecule has 1 aliphatic rings. The lowest BCUT2D eigenvalue weighted by atomic mass is 10.1. The summed E-state index contributed by atoms with van der Waals surface area (Å²) in [7, 11) is 1.30. The number of nitrogens with zero attached hydrogens (tertiary/aromatic N) is 2. The molecule has 2 amide bonds. The first-order chi connectivity index (χ1) is 8.56.